The van der Waals surface area contributed by atoms with Crippen LogP contribution in [0.15, 0.2) is 72.3 Å². The summed E-state index contributed by atoms with van der Waals surface area (Å²) in [5.41, 5.74) is 1.07. The van der Waals surface area contributed by atoms with Gasteiger partial charge in [-0.05, 0) is 29.8 Å². The average Bonchev–Trinajstić information content (AvgIpc) is 3.45. The maximum atomic E-state index is 13.4. The third kappa shape index (κ3) is 4.01. The van der Waals surface area contributed by atoms with Crippen molar-refractivity contribution >= 4 is 40.1 Å². The van der Waals surface area contributed by atoms with Crippen molar-refractivity contribution in [2.24, 2.45) is 0 Å². The Hall–Kier alpha value is -5.19. The number of fused-ring (bicyclic) bond motifs is 1. The van der Waals surface area contributed by atoms with Gasteiger partial charge in [-0.25, -0.2) is 4.98 Å². The number of non-ortho nitro benzene ring substituents is 1. The Balaban J connectivity index is 1.73. The van der Waals surface area contributed by atoms with Crippen molar-refractivity contribution in [1.82, 2.24) is 9.97 Å². The predicted octanol–water partition coefficient (Wildman–Crippen LogP) is 4.11. The maximum absolute atomic E-state index is 13.4. The molecule has 0 saturated carbocycles. The molecule has 0 spiro atoms. The summed E-state index contributed by atoms with van der Waals surface area (Å²) in [5.74, 6) is -1.32. The number of nitrogens with zero attached hydrogens (tertiary/aromatic N) is 3. The number of methoxy groups -OCH3 is 2. The fourth-order valence-corrected chi connectivity index (χ4v) is 4.32. The number of ketones is 1. The van der Waals surface area contributed by atoms with Gasteiger partial charge >= 0.3 is 5.91 Å². The van der Waals surface area contributed by atoms with E-state index in [1.54, 1.807) is 42.5 Å². The number of rotatable bonds is 6. The Morgan fingerprint density at radius 2 is 1.76 bits per heavy atom. The predicted molar refractivity (Wildman–Crippen MR) is 134 cm³/mol. The molecular weight excluding hydrogens is 480 g/mol. The molecular formula is C26H20N4O7. The number of benzene rings is 3. The molecule has 1 saturated heterocycles. The molecule has 1 aliphatic heterocycles. The van der Waals surface area contributed by atoms with E-state index >= 15 is 0 Å². The number of aliphatic hydroxyl groups excluding tert-OH is 1. The second kappa shape index (κ2) is 9.11. The van der Waals surface area contributed by atoms with Crippen molar-refractivity contribution in [2.75, 3.05) is 19.1 Å². The number of aromatic amines is 1. The van der Waals surface area contributed by atoms with E-state index in [0.717, 1.165) is 11.0 Å². The molecule has 1 unspecified atom stereocenters. The van der Waals surface area contributed by atoms with E-state index in [1.165, 1.54) is 32.4 Å². The number of aliphatic hydroxyl groups is 1. The molecule has 11 heteroatoms. The zero-order valence-corrected chi connectivity index (χ0v) is 19.7. The lowest BCUT2D eigenvalue weighted by molar-refractivity contribution is -0.384. The number of Topliss-reactive ketones (excluding diaryl/α,β-unsaturated/α-hetero) is 1. The number of amides is 1. The summed E-state index contributed by atoms with van der Waals surface area (Å²) in [6.45, 7) is 0. The first-order valence-electron chi connectivity index (χ1n) is 11.1. The molecule has 1 aromatic heterocycles. The molecule has 1 aliphatic rings. The number of ether oxygens (including phenoxy) is 2. The number of hydrogen-bond acceptors (Lipinski definition) is 8. The number of carbonyl (C=O) groups is 2. The molecule has 3 aromatic carbocycles. The minimum absolute atomic E-state index is 0.0226. The van der Waals surface area contributed by atoms with E-state index in [9.17, 15) is 24.8 Å². The topological polar surface area (TPSA) is 148 Å². The Labute approximate surface area is 209 Å². The van der Waals surface area contributed by atoms with Crippen molar-refractivity contribution in [3.63, 3.8) is 0 Å². The van der Waals surface area contributed by atoms with Gasteiger partial charge in [0.15, 0.2) is 0 Å². The van der Waals surface area contributed by atoms with Gasteiger partial charge in [-0.2, -0.15) is 0 Å². The fourth-order valence-electron chi connectivity index (χ4n) is 4.32. The molecule has 1 atom stereocenters. The summed E-state index contributed by atoms with van der Waals surface area (Å²) in [6, 6.07) is 15.9. The summed E-state index contributed by atoms with van der Waals surface area (Å²) >= 11 is 0. The number of nitro groups is 1. The number of aromatic nitrogens is 2. The van der Waals surface area contributed by atoms with Crippen LogP contribution in [0.5, 0.6) is 11.5 Å². The van der Waals surface area contributed by atoms with Gasteiger partial charge in [0.2, 0.25) is 5.95 Å². The quantitative estimate of drug-likeness (QED) is 0.132. The molecule has 2 N–H and O–H groups in total. The van der Waals surface area contributed by atoms with Gasteiger partial charge in [0, 0.05) is 23.8 Å². The van der Waals surface area contributed by atoms with Crippen molar-refractivity contribution in [1.29, 1.82) is 0 Å². The molecule has 186 valence electrons. The number of carbonyl (C=O) groups excluding carboxylic acids is 2. The van der Waals surface area contributed by atoms with Crippen LogP contribution in [0.4, 0.5) is 11.6 Å². The molecule has 5 rings (SSSR count). The summed E-state index contributed by atoms with van der Waals surface area (Å²) in [7, 11) is 3.00. The first-order valence-corrected chi connectivity index (χ1v) is 11.1. The molecule has 37 heavy (non-hydrogen) atoms. The molecule has 0 aliphatic carbocycles. The zero-order chi connectivity index (χ0) is 26.3. The summed E-state index contributed by atoms with van der Waals surface area (Å²) in [4.78, 5) is 46.1. The highest BCUT2D eigenvalue weighted by molar-refractivity contribution is 6.51. The molecule has 11 nitrogen and oxygen atoms in total. The zero-order valence-electron chi connectivity index (χ0n) is 19.7. The second-order valence-electron chi connectivity index (χ2n) is 8.20. The van der Waals surface area contributed by atoms with Crippen molar-refractivity contribution in [2.45, 2.75) is 6.04 Å². The number of nitrogens with one attached hydrogen (secondary N) is 1. The number of H-pyrrole nitrogens is 1. The molecule has 2 heterocycles. The van der Waals surface area contributed by atoms with E-state index in [2.05, 4.69) is 9.97 Å². The summed E-state index contributed by atoms with van der Waals surface area (Å²) < 4.78 is 10.6. The largest absolute Gasteiger partial charge is 0.507 e. The average molecular weight is 500 g/mol. The van der Waals surface area contributed by atoms with Gasteiger partial charge in [0.1, 0.15) is 17.3 Å². The van der Waals surface area contributed by atoms with Gasteiger partial charge in [-0.1, -0.05) is 24.3 Å². The van der Waals surface area contributed by atoms with Crippen LogP contribution in [0.3, 0.4) is 0 Å². The van der Waals surface area contributed by atoms with Crippen molar-refractivity contribution in [3.8, 4) is 11.5 Å². The first kappa shape index (κ1) is 23.5. The maximum Gasteiger partial charge on any atom is 0.302 e. The molecule has 1 fully saturated rings. The lowest BCUT2D eigenvalue weighted by Gasteiger charge is -2.23. The van der Waals surface area contributed by atoms with Crippen LogP contribution < -0.4 is 14.4 Å². The van der Waals surface area contributed by atoms with Gasteiger partial charge in [-0.3, -0.25) is 24.6 Å². The number of nitro benzene ring substituents is 1. The molecule has 1 amide bonds. The minimum Gasteiger partial charge on any atom is -0.507 e. The smallest absolute Gasteiger partial charge is 0.302 e. The first-order chi connectivity index (χ1) is 17.8. The number of hydrogen-bond donors (Lipinski definition) is 2. The molecule has 0 radical (unpaired) electrons. The van der Waals surface area contributed by atoms with Crippen LogP contribution in [-0.2, 0) is 9.59 Å². The van der Waals surface area contributed by atoms with E-state index < -0.39 is 28.4 Å². The van der Waals surface area contributed by atoms with Crippen molar-refractivity contribution < 1.29 is 29.1 Å². The van der Waals surface area contributed by atoms with Gasteiger partial charge in [0.05, 0.1) is 41.8 Å². The normalized spacial score (nSPS) is 16.8. The third-order valence-electron chi connectivity index (χ3n) is 6.09. The van der Waals surface area contributed by atoms with Crippen LogP contribution in [0, 0.1) is 10.1 Å². The summed E-state index contributed by atoms with van der Waals surface area (Å²) in [5, 5.41) is 22.5. The standard InChI is InChI=1S/C26H20N4O7/c1-36-17-8-4-5-14(12-17)22-21(23(31)15-6-3-7-16(11-15)30(34)35)24(32)25(33)29(22)26-27-19-10-9-18(37-2)13-20(19)28-26/h3-13,22,31H,1-2H3,(H,27,28)/b23-21+. The van der Waals surface area contributed by atoms with Crippen molar-refractivity contribution in [3.05, 3.63) is 93.5 Å². The van der Waals surface area contributed by atoms with Crippen LogP contribution in [0.2, 0.25) is 0 Å². The van der Waals surface area contributed by atoms with E-state index in [4.69, 9.17) is 9.47 Å². The highest BCUT2D eigenvalue weighted by Crippen LogP contribution is 2.42. The van der Waals surface area contributed by atoms with E-state index in [-0.39, 0.29) is 22.8 Å². The highest BCUT2D eigenvalue weighted by atomic mass is 16.6. The van der Waals surface area contributed by atoms with Gasteiger partial charge in [-0.15, -0.1) is 0 Å². The Bertz CT molecular complexity index is 1610. The SMILES string of the molecule is COc1cccc(C2/C(=C(\O)c3cccc([N+](=O)[O-])c3)C(=O)C(=O)N2c2nc3ccc(OC)cc3[nH]2)c1. The van der Waals surface area contributed by atoms with Gasteiger partial charge < -0.3 is 19.6 Å². The number of imidazole rings is 1. The Kier molecular flexibility index (Phi) is 5.80. The fraction of sp³-hybridized carbons (Fsp3) is 0.115. The van der Waals surface area contributed by atoms with Crippen LogP contribution in [0.25, 0.3) is 16.8 Å². The highest BCUT2D eigenvalue weighted by Gasteiger charge is 2.48. The van der Waals surface area contributed by atoms with Gasteiger partial charge in [0.25, 0.3) is 11.5 Å². The van der Waals surface area contributed by atoms with Crippen LogP contribution in [0.1, 0.15) is 17.2 Å². The molecule has 0 bridgehead atoms. The third-order valence-corrected chi connectivity index (χ3v) is 6.09. The van der Waals surface area contributed by atoms with E-state index in [0.29, 0.717) is 28.1 Å². The summed E-state index contributed by atoms with van der Waals surface area (Å²) in [6.07, 6.45) is 0. The second-order valence-corrected chi connectivity index (χ2v) is 8.20. The molecule has 4 aromatic rings. The minimum atomic E-state index is -1.10. The van der Waals surface area contributed by atoms with Crippen LogP contribution >= 0.6 is 0 Å². The Morgan fingerprint density at radius 3 is 2.49 bits per heavy atom. The Morgan fingerprint density at radius 1 is 1.03 bits per heavy atom. The monoisotopic (exact) mass is 500 g/mol. The lowest BCUT2D eigenvalue weighted by Crippen LogP contribution is -2.30. The number of anilines is 1. The van der Waals surface area contributed by atoms with Crippen LogP contribution in [-0.4, -0.2) is 45.9 Å². The van der Waals surface area contributed by atoms with E-state index in [1.807, 2.05) is 0 Å². The lowest BCUT2D eigenvalue weighted by atomic mass is 9.95.